The first kappa shape index (κ1) is 31.7. The third-order valence-electron chi connectivity index (χ3n) is 6.46. The second-order valence-corrected chi connectivity index (χ2v) is 14.3. The zero-order chi connectivity index (χ0) is 33.3. The van der Waals surface area contributed by atoms with E-state index < -0.39 is 31.1 Å². The van der Waals surface area contributed by atoms with Gasteiger partial charge >= 0.3 is 6.01 Å². The molecule has 0 aliphatic carbocycles. The SMILES string of the molecule is CCc1[nH]n2nc(-c3cccc(NS(=O)(=O)c4cccc(S(=O)O)c4)c3)nc2c1N=Nc1nc(-c2cccc(NS(C)(=O)=O)c2)no1. The maximum Gasteiger partial charge on any atom is 0.366 e. The van der Waals surface area contributed by atoms with Crippen LogP contribution in [0.15, 0.2) is 97.3 Å². The number of hydrogen-bond acceptors (Lipinski definition) is 12. The Hall–Kier alpha value is -5.31. The quantitative estimate of drug-likeness (QED) is 0.109. The molecule has 4 N–H and O–H groups in total. The van der Waals surface area contributed by atoms with Gasteiger partial charge in [-0.2, -0.15) is 9.61 Å². The van der Waals surface area contributed by atoms with Gasteiger partial charge in [0.25, 0.3) is 10.0 Å². The first-order valence-electron chi connectivity index (χ1n) is 13.5. The summed E-state index contributed by atoms with van der Waals surface area (Å²) in [5.74, 6) is 0.430. The lowest BCUT2D eigenvalue weighted by Crippen LogP contribution is -2.13. The molecular formula is C27H24N10O7S3. The summed E-state index contributed by atoms with van der Waals surface area (Å²) in [6.07, 6.45) is 1.58. The van der Waals surface area contributed by atoms with Gasteiger partial charge in [-0.1, -0.05) is 47.5 Å². The average molecular weight is 697 g/mol. The average Bonchev–Trinajstić information content (AvgIpc) is 3.75. The minimum atomic E-state index is -4.08. The molecule has 3 heterocycles. The number of hydrogen-bond donors (Lipinski definition) is 4. The predicted octanol–water partition coefficient (Wildman–Crippen LogP) is 4.51. The van der Waals surface area contributed by atoms with Crippen LogP contribution in [0.1, 0.15) is 12.6 Å². The van der Waals surface area contributed by atoms with Crippen molar-refractivity contribution >= 4 is 59.9 Å². The summed E-state index contributed by atoms with van der Waals surface area (Å²) >= 11 is -2.34. The number of azo groups is 1. The van der Waals surface area contributed by atoms with Gasteiger partial charge in [-0.25, -0.2) is 26.0 Å². The van der Waals surface area contributed by atoms with Gasteiger partial charge < -0.3 is 9.08 Å². The molecule has 242 valence electrons. The molecule has 0 aliphatic heterocycles. The lowest BCUT2D eigenvalue weighted by molar-refractivity contribution is 0.427. The molecule has 3 aromatic carbocycles. The number of aromatic amines is 1. The number of sulfonamides is 2. The highest BCUT2D eigenvalue weighted by molar-refractivity contribution is 7.92. The zero-order valence-corrected chi connectivity index (χ0v) is 26.8. The van der Waals surface area contributed by atoms with E-state index in [4.69, 9.17) is 4.52 Å². The fraction of sp³-hybridized carbons (Fsp3) is 0.111. The number of anilines is 2. The Labute approximate surface area is 269 Å². The third-order valence-corrected chi connectivity index (χ3v) is 9.11. The van der Waals surface area contributed by atoms with Crippen LogP contribution in [0.2, 0.25) is 0 Å². The van der Waals surface area contributed by atoms with E-state index in [2.05, 4.69) is 45.0 Å². The largest absolute Gasteiger partial charge is 0.366 e. The monoisotopic (exact) mass is 696 g/mol. The highest BCUT2D eigenvalue weighted by Crippen LogP contribution is 2.30. The summed E-state index contributed by atoms with van der Waals surface area (Å²) in [5.41, 5.74) is 2.89. The molecule has 0 radical (unpaired) electrons. The molecule has 6 aromatic rings. The van der Waals surface area contributed by atoms with E-state index in [9.17, 15) is 25.6 Å². The van der Waals surface area contributed by atoms with Crippen molar-refractivity contribution in [3.8, 4) is 22.8 Å². The first-order valence-corrected chi connectivity index (χ1v) is 18.0. The number of benzene rings is 3. The maximum atomic E-state index is 13.0. The van der Waals surface area contributed by atoms with Crippen molar-refractivity contribution < 1.29 is 30.1 Å². The second-order valence-electron chi connectivity index (χ2n) is 9.93. The molecule has 0 bridgehead atoms. The summed E-state index contributed by atoms with van der Waals surface area (Å²) in [7, 11) is -7.56. The van der Waals surface area contributed by atoms with Crippen molar-refractivity contribution in [3.05, 3.63) is 78.5 Å². The van der Waals surface area contributed by atoms with Crippen LogP contribution in [0, 0.1) is 0 Å². The second kappa shape index (κ2) is 12.5. The summed E-state index contributed by atoms with van der Waals surface area (Å²) in [6.45, 7) is 1.90. The van der Waals surface area contributed by atoms with Crippen molar-refractivity contribution in [2.24, 2.45) is 10.2 Å². The number of H-pyrrole nitrogens is 1. The minimum Gasteiger partial charge on any atom is -0.311 e. The highest BCUT2D eigenvalue weighted by Gasteiger charge is 2.19. The number of nitrogens with one attached hydrogen (secondary N) is 3. The highest BCUT2D eigenvalue weighted by atomic mass is 32.2. The van der Waals surface area contributed by atoms with Crippen LogP contribution in [0.25, 0.3) is 28.4 Å². The lowest BCUT2D eigenvalue weighted by atomic mass is 10.2. The molecule has 0 aliphatic rings. The Balaban J connectivity index is 1.25. The lowest BCUT2D eigenvalue weighted by Gasteiger charge is -2.09. The van der Waals surface area contributed by atoms with Crippen LogP contribution in [-0.2, 0) is 37.5 Å². The van der Waals surface area contributed by atoms with E-state index in [0.29, 0.717) is 40.3 Å². The maximum absolute atomic E-state index is 13.0. The van der Waals surface area contributed by atoms with Crippen LogP contribution in [0.4, 0.5) is 23.1 Å². The number of aryl methyl sites for hydroxylation is 1. The normalized spacial score (nSPS) is 12.9. The van der Waals surface area contributed by atoms with Crippen LogP contribution in [0.3, 0.4) is 0 Å². The molecule has 1 atom stereocenters. The van der Waals surface area contributed by atoms with Crippen molar-refractivity contribution in [3.63, 3.8) is 0 Å². The summed E-state index contributed by atoms with van der Waals surface area (Å²) in [6, 6.07) is 17.9. The van der Waals surface area contributed by atoms with Crippen LogP contribution in [0.5, 0.6) is 0 Å². The van der Waals surface area contributed by atoms with Gasteiger partial charge in [0.2, 0.25) is 21.5 Å². The molecule has 6 rings (SSSR count). The Morgan fingerprint density at radius 1 is 0.915 bits per heavy atom. The van der Waals surface area contributed by atoms with E-state index in [-0.39, 0.29) is 33.1 Å². The third kappa shape index (κ3) is 7.09. The Kier molecular flexibility index (Phi) is 8.40. The van der Waals surface area contributed by atoms with Gasteiger partial charge in [0.1, 0.15) is 0 Å². The number of nitrogens with zero attached hydrogens (tertiary/aromatic N) is 7. The first-order chi connectivity index (χ1) is 22.4. The Bertz CT molecular complexity index is 2400. The molecular weight excluding hydrogens is 673 g/mol. The van der Waals surface area contributed by atoms with Crippen molar-refractivity contribution in [1.82, 2.24) is 30.0 Å². The molecule has 0 fully saturated rings. The standard InChI is InChI=1S/C27H24N10O7S3/c1-3-22-23(30-31-27-29-25(34-44-27)17-8-5-9-18(14-17)35-46(2,40)41)26-28-24(33-37(26)32-22)16-7-4-10-19(13-16)36-47(42,43)21-12-6-11-20(15-21)45(38)39/h4-15,32,35-36H,3H2,1-2H3,(H,38,39). The Morgan fingerprint density at radius 2 is 1.60 bits per heavy atom. The molecule has 0 spiro atoms. The van der Waals surface area contributed by atoms with Gasteiger partial charge in [0.05, 0.1) is 21.7 Å². The van der Waals surface area contributed by atoms with E-state index in [0.717, 1.165) is 12.3 Å². The van der Waals surface area contributed by atoms with Gasteiger partial charge in [0.15, 0.2) is 22.6 Å². The van der Waals surface area contributed by atoms with Crippen LogP contribution >= 0.6 is 0 Å². The molecule has 0 saturated heterocycles. The molecule has 3 aromatic heterocycles. The van der Waals surface area contributed by atoms with Crippen molar-refractivity contribution in [2.75, 3.05) is 15.7 Å². The van der Waals surface area contributed by atoms with Crippen molar-refractivity contribution in [1.29, 1.82) is 0 Å². The fourth-order valence-electron chi connectivity index (χ4n) is 4.42. The van der Waals surface area contributed by atoms with E-state index >= 15 is 0 Å². The smallest absolute Gasteiger partial charge is 0.311 e. The zero-order valence-electron chi connectivity index (χ0n) is 24.4. The van der Waals surface area contributed by atoms with E-state index in [1.165, 1.54) is 22.8 Å². The van der Waals surface area contributed by atoms with Gasteiger partial charge in [0, 0.05) is 22.5 Å². The van der Waals surface area contributed by atoms with Crippen molar-refractivity contribution in [2.45, 2.75) is 23.1 Å². The molecule has 1 unspecified atom stereocenters. The molecule has 47 heavy (non-hydrogen) atoms. The molecule has 0 amide bonds. The van der Waals surface area contributed by atoms with Gasteiger partial charge in [-0.05, 0) is 48.9 Å². The number of rotatable bonds is 11. The molecule has 17 nitrogen and oxygen atoms in total. The van der Waals surface area contributed by atoms with E-state index in [1.807, 2.05) is 6.92 Å². The van der Waals surface area contributed by atoms with Gasteiger partial charge in [-0.15, -0.1) is 10.2 Å². The number of fused-ring (bicyclic) bond motifs is 1. The Morgan fingerprint density at radius 3 is 2.28 bits per heavy atom. The van der Waals surface area contributed by atoms with Crippen LogP contribution in [-0.4, -0.2) is 61.8 Å². The topological polar surface area (TPSA) is 239 Å². The molecule has 20 heteroatoms. The fourth-order valence-corrected chi connectivity index (χ4v) is 6.57. The summed E-state index contributed by atoms with van der Waals surface area (Å²) in [5, 5.41) is 19.8. The summed E-state index contributed by atoms with van der Waals surface area (Å²) in [4.78, 5) is 8.59. The van der Waals surface area contributed by atoms with Gasteiger partial charge in [-0.3, -0.25) is 14.5 Å². The summed E-state index contributed by atoms with van der Waals surface area (Å²) < 4.78 is 81.3. The van der Waals surface area contributed by atoms with E-state index in [1.54, 1.807) is 48.5 Å². The number of aromatic nitrogens is 6. The van der Waals surface area contributed by atoms with Crippen LogP contribution < -0.4 is 9.44 Å². The molecule has 0 saturated carbocycles. The minimum absolute atomic E-state index is 0.0490. The predicted molar refractivity (Wildman–Crippen MR) is 171 cm³/mol.